The topological polar surface area (TPSA) is 99.9 Å². The van der Waals surface area contributed by atoms with E-state index in [1.165, 1.54) is 0 Å². The lowest BCUT2D eigenvalue weighted by molar-refractivity contribution is -0.172. The van der Waals surface area contributed by atoms with E-state index in [9.17, 15) is 14.7 Å². The number of benzene rings is 2. The SMILES string of the molecule is CC[C@@]1(O)C(=O)OCc2c1cc1n(c2=O)Cc2c-1nc1cc3c(cc1c2-c1ccc(C)cc1)OCO3. The Kier molecular flexibility index (Phi) is 4.21. The maximum atomic E-state index is 13.6. The fraction of sp³-hybridized carbons (Fsp3) is 0.250. The van der Waals surface area contributed by atoms with Gasteiger partial charge in [-0.1, -0.05) is 36.8 Å². The Labute approximate surface area is 205 Å². The van der Waals surface area contributed by atoms with Gasteiger partial charge in [0.2, 0.25) is 6.79 Å². The van der Waals surface area contributed by atoms with Crippen LogP contribution >= 0.6 is 0 Å². The van der Waals surface area contributed by atoms with Gasteiger partial charge in [0.15, 0.2) is 17.1 Å². The molecule has 5 heterocycles. The van der Waals surface area contributed by atoms with Crippen molar-refractivity contribution in [1.29, 1.82) is 0 Å². The molecule has 0 saturated heterocycles. The predicted molar refractivity (Wildman–Crippen MR) is 131 cm³/mol. The zero-order valence-corrected chi connectivity index (χ0v) is 19.8. The van der Waals surface area contributed by atoms with Crippen molar-refractivity contribution in [3.8, 4) is 34.0 Å². The monoisotopic (exact) mass is 482 g/mol. The molecule has 0 amide bonds. The van der Waals surface area contributed by atoms with Gasteiger partial charge in [-0.05, 0) is 36.6 Å². The number of cyclic esters (lactones) is 1. The number of esters is 1. The van der Waals surface area contributed by atoms with Gasteiger partial charge in [-0.2, -0.15) is 0 Å². The van der Waals surface area contributed by atoms with Gasteiger partial charge in [-0.15, -0.1) is 0 Å². The molecule has 0 spiro atoms. The molecule has 0 aliphatic carbocycles. The first kappa shape index (κ1) is 21.1. The molecule has 0 saturated carbocycles. The summed E-state index contributed by atoms with van der Waals surface area (Å²) in [5, 5.41) is 12.1. The van der Waals surface area contributed by atoms with Gasteiger partial charge in [-0.3, -0.25) is 4.79 Å². The number of pyridine rings is 2. The Hall–Kier alpha value is -4.17. The van der Waals surface area contributed by atoms with Crippen molar-refractivity contribution in [1.82, 2.24) is 9.55 Å². The molecule has 1 atom stereocenters. The van der Waals surface area contributed by atoms with Crippen LogP contribution in [0, 0.1) is 6.92 Å². The minimum atomic E-state index is -1.87. The number of aliphatic hydroxyl groups is 1. The first-order valence-corrected chi connectivity index (χ1v) is 11.9. The van der Waals surface area contributed by atoms with Crippen molar-refractivity contribution in [2.24, 2.45) is 0 Å². The van der Waals surface area contributed by atoms with Crippen LogP contribution < -0.4 is 15.0 Å². The first-order valence-electron chi connectivity index (χ1n) is 11.9. The molecule has 36 heavy (non-hydrogen) atoms. The third kappa shape index (κ3) is 2.70. The highest BCUT2D eigenvalue weighted by Crippen LogP contribution is 2.46. The molecule has 2 aromatic heterocycles. The Morgan fingerprint density at radius 1 is 1.03 bits per heavy atom. The van der Waals surface area contributed by atoms with Gasteiger partial charge in [0.25, 0.3) is 5.56 Å². The molecule has 8 nitrogen and oxygen atoms in total. The van der Waals surface area contributed by atoms with Gasteiger partial charge < -0.3 is 23.9 Å². The fourth-order valence-corrected chi connectivity index (χ4v) is 5.52. The molecule has 0 fully saturated rings. The summed E-state index contributed by atoms with van der Waals surface area (Å²) in [6.07, 6.45) is 0.0951. The molecule has 8 heteroatoms. The molecule has 0 bridgehead atoms. The number of ether oxygens (including phenoxy) is 3. The van der Waals surface area contributed by atoms with E-state index in [1.807, 2.05) is 19.1 Å². The summed E-state index contributed by atoms with van der Waals surface area (Å²) in [7, 11) is 0. The van der Waals surface area contributed by atoms with Gasteiger partial charge >= 0.3 is 5.97 Å². The summed E-state index contributed by atoms with van der Waals surface area (Å²) in [4.78, 5) is 31.1. The van der Waals surface area contributed by atoms with Gasteiger partial charge in [0, 0.05) is 22.6 Å². The lowest BCUT2D eigenvalue weighted by atomic mass is 9.86. The minimum absolute atomic E-state index is 0.0951. The van der Waals surface area contributed by atoms with E-state index < -0.39 is 11.6 Å². The van der Waals surface area contributed by atoms with E-state index in [0.29, 0.717) is 46.1 Å². The van der Waals surface area contributed by atoms with Gasteiger partial charge in [0.1, 0.15) is 6.61 Å². The number of hydrogen-bond acceptors (Lipinski definition) is 7. The maximum absolute atomic E-state index is 13.6. The highest BCUT2D eigenvalue weighted by atomic mass is 16.7. The van der Waals surface area contributed by atoms with Crippen molar-refractivity contribution < 1.29 is 24.1 Å². The van der Waals surface area contributed by atoms with Crippen LogP contribution in [0.1, 0.15) is 35.6 Å². The predicted octanol–water partition coefficient (Wildman–Crippen LogP) is 3.78. The molecule has 0 unspecified atom stereocenters. The Morgan fingerprint density at radius 3 is 2.53 bits per heavy atom. The lowest BCUT2D eigenvalue weighted by Crippen LogP contribution is -2.44. The third-order valence-corrected chi connectivity index (χ3v) is 7.52. The molecular formula is C28H22N2O6. The number of hydrogen-bond donors (Lipinski definition) is 1. The highest BCUT2D eigenvalue weighted by Gasteiger charge is 2.45. The summed E-state index contributed by atoms with van der Waals surface area (Å²) in [5.74, 6) is 0.540. The summed E-state index contributed by atoms with van der Waals surface area (Å²) in [5.41, 5.74) is 4.38. The Morgan fingerprint density at radius 2 is 1.78 bits per heavy atom. The summed E-state index contributed by atoms with van der Waals surface area (Å²) in [6.45, 7) is 4.04. The van der Waals surface area contributed by atoms with E-state index in [2.05, 4.69) is 24.3 Å². The summed E-state index contributed by atoms with van der Waals surface area (Å²) >= 11 is 0. The van der Waals surface area contributed by atoms with Crippen molar-refractivity contribution in [3.05, 3.63) is 75.1 Å². The Bertz CT molecular complexity index is 1690. The van der Waals surface area contributed by atoms with E-state index in [0.717, 1.165) is 27.6 Å². The first-order chi connectivity index (χ1) is 17.4. The van der Waals surface area contributed by atoms with E-state index in [4.69, 9.17) is 19.2 Å². The molecule has 180 valence electrons. The van der Waals surface area contributed by atoms with Gasteiger partial charge in [-0.25, -0.2) is 9.78 Å². The standard InChI is InChI=1S/C28H22N2O6/c1-3-28(33)19-9-21-25-17(11-30(21)26(31)18(19)12-34-27(28)32)24(15-6-4-14(2)5-7-15)16-8-22-23(36-13-35-22)10-20(16)29-25/h4-10,33H,3,11-13H2,1-2H3/t28-/m0/s1. The lowest BCUT2D eigenvalue weighted by Gasteiger charge is -2.31. The quantitative estimate of drug-likeness (QED) is 0.382. The van der Waals surface area contributed by atoms with Crippen molar-refractivity contribution in [2.45, 2.75) is 39.0 Å². The van der Waals surface area contributed by atoms with Gasteiger partial charge in [0.05, 0.1) is 29.0 Å². The maximum Gasteiger partial charge on any atom is 0.343 e. The third-order valence-electron chi connectivity index (χ3n) is 7.52. The number of aromatic nitrogens is 2. The number of fused-ring (bicyclic) bond motifs is 6. The summed E-state index contributed by atoms with van der Waals surface area (Å²) in [6, 6.07) is 13.8. The van der Waals surface area contributed by atoms with Crippen LogP contribution in [0.5, 0.6) is 11.5 Å². The number of rotatable bonds is 2. The number of carbonyl (C=O) groups excluding carboxylic acids is 1. The normalized spacial score (nSPS) is 19.1. The van der Waals surface area contributed by atoms with E-state index >= 15 is 0 Å². The van der Waals surface area contributed by atoms with Crippen LogP contribution in [0.15, 0.2) is 47.3 Å². The Balaban J connectivity index is 1.56. The van der Waals surface area contributed by atoms with Crippen molar-refractivity contribution >= 4 is 16.9 Å². The average Bonchev–Trinajstić information content (AvgIpc) is 3.49. The second kappa shape index (κ2) is 7.18. The van der Waals surface area contributed by atoms with Crippen molar-refractivity contribution in [2.75, 3.05) is 6.79 Å². The molecular weight excluding hydrogens is 460 g/mol. The zero-order valence-electron chi connectivity index (χ0n) is 19.8. The van der Waals surface area contributed by atoms with Crippen LogP contribution in [0.4, 0.5) is 0 Å². The molecule has 3 aliphatic rings. The number of carbonyl (C=O) groups is 1. The minimum Gasteiger partial charge on any atom is -0.458 e. The van der Waals surface area contributed by atoms with Crippen LogP contribution in [-0.4, -0.2) is 27.4 Å². The number of nitrogens with zero attached hydrogens (tertiary/aromatic N) is 2. The van der Waals surface area contributed by atoms with E-state index in [1.54, 1.807) is 17.6 Å². The largest absolute Gasteiger partial charge is 0.458 e. The summed E-state index contributed by atoms with van der Waals surface area (Å²) < 4.78 is 18.1. The zero-order chi connectivity index (χ0) is 24.8. The second-order valence-corrected chi connectivity index (χ2v) is 9.51. The molecule has 2 aromatic carbocycles. The fourth-order valence-electron chi connectivity index (χ4n) is 5.52. The van der Waals surface area contributed by atoms with Crippen LogP contribution in [0.2, 0.25) is 0 Å². The van der Waals surface area contributed by atoms with E-state index in [-0.39, 0.29) is 25.4 Å². The van der Waals surface area contributed by atoms with Crippen molar-refractivity contribution in [3.63, 3.8) is 0 Å². The highest BCUT2D eigenvalue weighted by molar-refractivity contribution is 6.01. The molecule has 7 rings (SSSR count). The van der Waals surface area contributed by atoms with Crippen LogP contribution in [0.25, 0.3) is 33.4 Å². The van der Waals surface area contributed by atoms with Crippen LogP contribution in [0.3, 0.4) is 0 Å². The molecule has 1 N–H and O–H groups in total. The molecule has 3 aliphatic heterocycles. The molecule has 4 aromatic rings. The average molecular weight is 482 g/mol. The molecule has 0 radical (unpaired) electrons. The smallest absolute Gasteiger partial charge is 0.343 e. The number of aryl methyl sites for hydroxylation is 1. The second-order valence-electron chi connectivity index (χ2n) is 9.51. The van der Waals surface area contributed by atoms with Crippen LogP contribution in [-0.2, 0) is 28.3 Å².